The first-order valence-corrected chi connectivity index (χ1v) is 7.25. The lowest BCUT2D eigenvalue weighted by molar-refractivity contribution is -0.116. The molecular weight excluding hydrogens is 370 g/mol. The van der Waals surface area contributed by atoms with Gasteiger partial charge in [-0.2, -0.15) is 0 Å². The van der Waals surface area contributed by atoms with Gasteiger partial charge in [0.2, 0.25) is 0 Å². The molecule has 102 valence electrons. The number of amides is 1. The van der Waals surface area contributed by atoms with E-state index in [-0.39, 0.29) is 11.7 Å². The van der Waals surface area contributed by atoms with E-state index in [1.165, 1.54) is 12.1 Å². The molecule has 0 spiro atoms. The largest absolute Gasteiger partial charge is 0.370 e. The Labute approximate surface area is 129 Å². The molecule has 1 aliphatic heterocycles. The first-order valence-electron chi connectivity index (χ1n) is 6.17. The van der Waals surface area contributed by atoms with E-state index in [4.69, 9.17) is 0 Å². The third-order valence-corrected chi connectivity index (χ3v) is 4.00. The van der Waals surface area contributed by atoms with E-state index in [0.717, 1.165) is 14.8 Å². The van der Waals surface area contributed by atoms with Gasteiger partial charge in [0.05, 0.1) is 0 Å². The number of nitrogens with one attached hydrogen (secondary N) is 2. The topological polar surface area (TPSA) is 41.1 Å². The van der Waals surface area contributed by atoms with Crippen molar-refractivity contribution in [2.75, 3.05) is 10.6 Å². The SMILES string of the molecule is Cc1cc(I)ccc1NC1C(=O)Nc2ccc(F)cc21. The molecule has 1 unspecified atom stereocenters. The molecular formula is C15H12FIN2O. The maximum absolute atomic E-state index is 13.4. The molecule has 0 bridgehead atoms. The van der Waals surface area contributed by atoms with Crippen LogP contribution in [0, 0.1) is 16.3 Å². The number of carbonyl (C=O) groups is 1. The van der Waals surface area contributed by atoms with Gasteiger partial charge in [-0.05, 0) is 71.5 Å². The molecule has 3 nitrogen and oxygen atoms in total. The van der Waals surface area contributed by atoms with E-state index in [0.29, 0.717) is 11.3 Å². The third-order valence-electron chi connectivity index (χ3n) is 3.33. The fourth-order valence-corrected chi connectivity index (χ4v) is 2.97. The van der Waals surface area contributed by atoms with Gasteiger partial charge in [-0.1, -0.05) is 0 Å². The molecule has 20 heavy (non-hydrogen) atoms. The monoisotopic (exact) mass is 382 g/mol. The summed E-state index contributed by atoms with van der Waals surface area (Å²) >= 11 is 2.24. The van der Waals surface area contributed by atoms with Crippen molar-refractivity contribution in [2.24, 2.45) is 0 Å². The molecule has 0 fully saturated rings. The minimum Gasteiger partial charge on any atom is -0.370 e. The Morgan fingerprint density at radius 3 is 2.80 bits per heavy atom. The molecule has 0 radical (unpaired) electrons. The summed E-state index contributed by atoms with van der Waals surface area (Å²) in [4.78, 5) is 12.0. The molecule has 1 amide bonds. The lowest BCUT2D eigenvalue weighted by Gasteiger charge is -2.15. The van der Waals surface area contributed by atoms with Gasteiger partial charge in [-0.25, -0.2) is 4.39 Å². The number of hydrogen-bond acceptors (Lipinski definition) is 2. The molecule has 0 aromatic heterocycles. The molecule has 3 rings (SSSR count). The van der Waals surface area contributed by atoms with Crippen LogP contribution < -0.4 is 10.6 Å². The van der Waals surface area contributed by atoms with Crippen LogP contribution in [-0.4, -0.2) is 5.91 Å². The first kappa shape index (κ1) is 13.4. The van der Waals surface area contributed by atoms with E-state index in [9.17, 15) is 9.18 Å². The van der Waals surface area contributed by atoms with Gasteiger partial charge in [-0.3, -0.25) is 4.79 Å². The van der Waals surface area contributed by atoms with Crippen LogP contribution >= 0.6 is 22.6 Å². The van der Waals surface area contributed by atoms with Crippen LogP contribution in [0.4, 0.5) is 15.8 Å². The number of benzene rings is 2. The Morgan fingerprint density at radius 2 is 2.05 bits per heavy atom. The molecule has 5 heteroatoms. The van der Waals surface area contributed by atoms with Gasteiger partial charge < -0.3 is 10.6 Å². The van der Waals surface area contributed by atoms with E-state index in [1.54, 1.807) is 6.07 Å². The predicted octanol–water partition coefficient (Wildman–Crippen LogP) is 3.84. The number of hydrogen-bond donors (Lipinski definition) is 2. The van der Waals surface area contributed by atoms with Crippen molar-refractivity contribution in [2.45, 2.75) is 13.0 Å². The maximum atomic E-state index is 13.4. The number of carbonyl (C=O) groups excluding carboxylic acids is 1. The van der Waals surface area contributed by atoms with Crippen molar-refractivity contribution >= 4 is 39.9 Å². The smallest absolute Gasteiger partial charge is 0.251 e. The highest BCUT2D eigenvalue weighted by Crippen LogP contribution is 2.34. The van der Waals surface area contributed by atoms with Crippen molar-refractivity contribution in [3.8, 4) is 0 Å². The third kappa shape index (κ3) is 2.37. The summed E-state index contributed by atoms with van der Waals surface area (Å²) in [7, 11) is 0. The Bertz CT molecular complexity index is 702. The number of halogens is 2. The summed E-state index contributed by atoms with van der Waals surface area (Å²) in [5, 5.41) is 5.94. The average molecular weight is 382 g/mol. The van der Waals surface area contributed by atoms with Crippen LogP contribution in [0.3, 0.4) is 0 Å². The number of fused-ring (bicyclic) bond motifs is 1. The molecule has 0 saturated carbocycles. The normalized spacial score (nSPS) is 16.8. The van der Waals surface area contributed by atoms with Crippen molar-refractivity contribution in [1.29, 1.82) is 0 Å². The summed E-state index contributed by atoms with van der Waals surface area (Å²) < 4.78 is 14.5. The lowest BCUT2D eigenvalue weighted by Crippen LogP contribution is -2.20. The molecule has 2 aromatic carbocycles. The summed E-state index contributed by atoms with van der Waals surface area (Å²) in [6.45, 7) is 1.98. The predicted molar refractivity (Wildman–Crippen MR) is 85.3 cm³/mol. The second kappa shape index (κ2) is 5.05. The van der Waals surface area contributed by atoms with Gasteiger partial charge in [0.1, 0.15) is 11.9 Å². The van der Waals surface area contributed by atoms with Crippen LogP contribution in [-0.2, 0) is 4.79 Å². The zero-order valence-electron chi connectivity index (χ0n) is 10.7. The molecule has 0 saturated heterocycles. The summed E-state index contributed by atoms with van der Waals surface area (Å²) in [6.07, 6.45) is 0. The van der Waals surface area contributed by atoms with Crippen LogP contribution in [0.2, 0.25) is 0 Å². The number of aryl methyl sites for hydroxylation is 1. The minimum absolute atomic E-state index is 0.163. The molecule has 0 aliphatic carbocycles. The fraction of sp³-hybridized carbons (Fsp3) is 0.133. The minimum atomic E-state index is -0.556. The van der Waals surface area contributed by atoms with E-state index in [2.05, 4.69) is 33.2 Å². The second-order valence-corrected chi connectivity index (χ2v) is 6.00. The van der Waals surface area contributed by atoms with Crippen molar-refractivity contribution in [3.63, 3.8) is 0 Å². The Hall–Kier alpha value is -1.63. The first-order chi connectivity index (χ1) is 9.54. The Balaban J connectivity index is 1.95. The highest BCUT2D eigenvalue weighted by Gasteiger charge is 2.31. The zero-order chi connectivity index (χ0) is 14.3. The molecule has 1 heterocycles. The Kier molecular flexibility index (Phi) is 3.37. The van der Waals surface area contributed by atoms with E-state index in [1.807, 2.05) is 25.1 Å². The highest BCUT2D eigenvalue weighted by atomic mass is 127. The molecule has 2 aromatic rings. The summed E-state index contributed by atoms with van der Waals surface area (Å²) in [5.41, 5.74) is 3.24. The number of anilines is 2. The summed E-state index contributed by atoms with van der Waals surface area (Å²) in [6, 6.07) is 9.70. The molecule has 1 atom stereocenters. The average Bonchev–Trinajstić information content (AvgIpc) is 2.69. The lowest BCUT2D eigenvalue weighted by atomic mass is 10.1. The van der Waals surface area contributed by atoms with Crippen LogP contribution in [0.5, 0.6) is 0 Å². The van der Waals surface area contributed by atoms with Gasteiger partial charge in [0, 0.05) is 20.5 Å². The van der Waals surface area contributed by atoms with Crippen LogP contribution in [0.15, 0.2) is 36.4 Å². The van der Waals surface area contributed by atoms with Gasteiger partial charge in [0.25, 0.3) is 5.91 Å². The highest BCUT2D eigenvalue weighted by molar-refractivity contribution is 14.1. The Morgan fingerprint density at radius 1 is 1.25 bits per heavy atom. The fourth-order valence-electron chi connectivity index (χ4n) is 2.32. The standard InChI is InChI=1S/C15H12FIN2O/c1-8-6-10(17)3-5-12(8)18-14-11-7-9(16)2-4-13(11)19-15(14)20/h2-7,14,18H,1H3,(H,19,20). The molecule has 1 aliphatic rings. The van der Waals surface area contributed by atoms with Gasteiger partial charge >= 0.3 is 0 Å². The van der Waals surface area contributed by atoms with E-state index < -0.39 is 6.04 Å². The summed E-state index contributed by atoms with van der Waals surface area (Å²) in [5.74, 6) is -0.505. The zero-order valence-corrected chi connectivity index (χ0v) is 12.9. The number of rotatable bonds is 2. The van der Waals surface area contributed by atoms with Crippen LogP contribution in [0.25, 0.3) is 0 Å². The maximum Gasteiger partial charge on any atom is 0.251 e. The quantitative estimate of drug-likeness (QED) is 0.775. The second-order valence-electron chi connectivity index (χ2n) is 4.76. The van der Waals surface area contributed by atoms with Gasteiger partial charge in [0.15, 0.2) is 0 Å². The van der Waals surface area contributed by atoms with Crippen molar-refractivity contribution in [1.82, 2.24) is 0 Å². The van der Waals surface area contributed by atoms with Gasteiger partial charge in [-0.15, -0.1) is 0 Å². The van der Waals surface area contributed by atoms with Crippen LogP contribution in [0.1, 0.15) is 17.2 Å². The van der Waals surface area contributed by atoms with Crippen molar-refractivity contribution in [3.05, 3.63) is 56.9 Å². The molecule has 2 N–H and O–H groups in total. The van der Waals surface area contributed by atoms with Crippen molar-refractivity contribution < 1.29 is 9.18 Å². The van der Waals surface area contributed by atoms with E-state index >= 15 is 0 Å².